The van der Waals surface area contributed by atoms with Crippen molar-refractivity contribution < 1.29 is 8.42 Å². The third-order valence-corrected chi connectivity index (χ3v) is 5.60. The maximum atomic E-state index is 12.3. The second-order valence-corrected chi connectivity index (χ2v) is 7.16. The van der Waals surface area contributed by atoms with Crippen LogP contribution >= 0.6 is 28.3 Å². The topological polar surface area (TPSA) is 58.2 Å². The quantitative estimate of drug-likeness (QED) is 0.859. The molecule has 4 nitrogen and oxygen atoms in total. The summed E-state index contributed by atoms with van der Waals surface area (Å²) in [6.45, 7) is 2.92. The van der Waals surface area contributed by atoms with Crippen molar-refractivity contribution >= 4 is 38.4 Å². The Bertz CT molecular complexity index is 524. The lowest BCUT2D eigenvalue weighted by atomic mass is 10.0. The van der Waals surface area contributed by atoms with Gasteiger partial charge in [0.2, 0.25) is 10.0 Å². The van der Waals surface area contributed by atoms with Crippen LogP contribution in [0.25, 0.3) is 0 Å². The van der Waals surface area contributed by atoms with E-state index in [9.17, 15) is 8.42 Å². The SMILES string of the molecule is CC1CC(NS(=O)(=O)c2ccccc2Br)CCN1.Cl. The molecular formula is C12H18BrClN2O2S. The summed E-state index contributed by atoms with van der Waals surface area (Å²) in [6, 6.07) is 7.24. The van der Waals surface area contributed by atoms with Crippen molar-refractivity contribution in [3.8, 4) is 0 Å². The molecule has 108 valence electrons. The van der Waals surface area contributed by atoms with Gasteiger partial charge < -0.3 is 5.32 Å². The van der Waals surface area contributed by atoms with E-state index in [4.69, 9.17) is 0 Å². The average Bonchev–Trinajstić information content (AvgIpc) is 2.28. The minimum atomic E-state index is -3.44. The van der Waals surface area contributed by atoms with Gasteiger partial charge in [0.25, 0.3) is 0 Å². The average molecular weight is 370 g/mol. The molecule has 0 amide bonds. The largest absolute Gasteiger partial charge is 0.314 e. The van der Waals surface area contributed by atoms with E-state index in [2.05, 4.69) is 32.9 Å². The zero-order chi connectivity index (χ0) is 13.2. The van der Waals surface area contributed by atoms with Crippen LogP contribution in [0, 0.1) is 0 Å². The fourth-order valence-electron chi connectivity index (χ4n) is 2.18. The van der Waals surface area contributed by atoms with Gasteiger partial charge >= 0.3 is 0 Å². The van der Waals surface area contributed by atoms with E-state index < -0.39 is 10.0 Å². The van der Waals surface area contributed by atoms with Crippen molar-refractivity contribution in [2.75, 3.05) is 6.54 Å². The molecule has 7 heteroatoms. The van der Waals surface area contributed by atoms with E-state index in [1.165, 1.54) is 0 Å². The summed E-state index contributed by atoms with van der Waals surface area (Å²) >= 11 is 3.28. The normalized spacial score (nSPS) is 23.7. The molecule has 2 unspecified atom stereocenters. The number of halogens is 2. The van der Waals surface area contributed by atoms with E-state index in [-0.39, 0.29) is 18.4 Å². The standard InChI is InChI=1S/C12H17BrN2O2S.ClH/c1-9-8-10(6-7-14-9)15-18(16,17)12-5-3-2-4-11(12)13;/h2-5,9-10,14-15H,6-8H2,1H3;1H. The fraction of sp³-hybridized carbons (Fsp3) is 0.500. The summed E-state index contributed by atoms with van der Waals surface area (Å²) < 4.78 is 27.9. The zero-order valence-corrected chi connectivity index (χ0v) is 13.8. The Labute approximate surface area is 128 Å². The van der Waals surface area contributed by atoms with Gasteiger partial charge in [-0.2, -0.15) is 0 Å². The Kier molecular flexibility index (Phi) is 6.26. The highest BCUT2D eigenvalue weighted by Crippen LogP contribution is 2.22. The first-order valence-corrected chi connectivity index (χ1v) is 8.27. The van der Waals surface area contributed by atoms with Crippen LogP contribution in [-0.4, -0.2) is 27.0 Å². The Morgan fingerprint density at radius 2 is 2.05 bits per heavy atom. The van der Waals surface area contributed by atoms with Gasteiger partial charge in [0.1, 0.15) is 0 Å². The molecule has 0 radical (unpaired) electrons. The first-order chi connectivity index (χ1) is 8.49. The summed E-state index contributed by atoms with van der Waals surface area (Å²) in [5, 5.41) is 3.30. The lowest BCUT2D eigenvalue weighted by Gasteiger charge is -2.28. The van der Waals surface area contributed by atoms with Crippen molar-refractivity contribution in [3.63, 3.8) is 0 Å². The molecule has 1 aliphatic heterocycles. The summed E-state index contributed by atoms with van der Waals surface area (Å²) in [4.78, 5) is 0.302. The van der Waals surface area contributed by atoms with E-state index in [0.717, 1.165) is 19.4 Å². The minimum Gasteiger partial charge on any atom is -0.314 e. The van der Waals surface area contributed by atoms with Gasteiger partial charge in [0.05, 0.1) is 4.90 Å². The molecule has 0 aromatic heterocycles. The third-order valence-electron chi connectivity index (χ3n) is 3.07. The van der Waals surface area contributed by atoms with Crippen molar-refractivity contribution in [1.29, 1.82) is 0 Å². The van der Waals surface area contributed by atoms with Crippen LogP contribution in [0.4, 0.5) is 0 Å². The summed E-state index contributed by atoms with van der Waals surface area (Å²) in [5.41, 5.74) is 0. The molecule has 1 aromatic rings. The monoisotopic (exact) mass is 368 g/mol. The Hall–Kier alpha value is -0.140. The molecule has 2 rings (SSSR count). The van der Waals surface area contributed by atoms with E-state index in [1.54, 1.807) is 24.3 Å². The molecule has 1 fully saturated rings. The van der Waals surface area contributed by atoms with Crippen molar-refractivity contribution in [2.45, 2.75) is 36.7 Å². The van der Waals surface area contributed by atoms with Gasteiger partial charge in [0, 0.05) is 16.6 Å². The maximum absolute atomic E-state index is 12.3. The zero-order valence-electron chi connectivity index (χ0n) is 10.6. The van der Waals surface area contributed by atoms with Gasteiger partial charge in [-0.15, -0.1) is 12.4 Å². The van der Waals surface area contributed by atoms with Gasteiger partial charge in [-0.25, -0.2) is 13.1 Å². The lowest BCUT2D eigenvalue weighted by molar-refractivity contribution is 0.361. The van der Waals surface area contributed by atoms with Crippen LogP contribution in [-0.2, 0) is 10.0 Å². The number of hydrogen-bond acceptors (Lipinski definition) is 3. The number of nitrogens with one attached hydrogen (secondary N) is 2. The van der Waals surface area contributed by atoms with Crippen LogP contribution in [0.1, 0.15) is 19.8 Å². The second kappa shape index (κ2) is 7.04. The highest BCUT2D eigenvalue weighted by Gasteiger charge is 2.25. The van der Waals surface area contributed by atoms with Gasteiger partial charge in [-0.3, -0.25) is 0 Å². The van der Waals surface area contributed by atoms with Gasteiger partial charge in [-0.1, -0.05) is 12.1 Å². The smallest absolute Gasteiger partial charge is 0.241 e. The first-order valence-electron chi connectivity index (χ1n) is 5.99. The summed E-state index contributed by atoms with van der Waals surface area (Å²) in [6.07, 6.45) is 1.65. The molecule has 0 bridgehead atoms. The van der Waals surface area contributed by atoms with Crippen molar-refractivity contribution in [3.05, 3.63) is 28.7 Å². The van der Waals surface area contributed by atoms with Crippen LogP contribution < -0.4 is 10.0 Å². The Morgan fingerprint density at radius 3 is 2.68 bits per heavy atom. The number of sulfonamides is 1. The van der Waals surface area contributed by atoms with Crippen molar-refractivity contribution in [2.24, 2.45) is 0 Å². The Morgan fingerprint density at radius 1 is 1.37 bits per heavy atom. The summed E-state index contributed by atoms with van der Waals surface area (Å²) in [5.74, 6) is 0. The number of piperidine rings is 1. The predicted molar refractivity (Wildman–Crippen MR) is 82.2 cm³/mol. The van der Waals surface area contributed by atoms with E-state index >= 15 is 0 Å². The fourth-order valence-corrected chi connectivity index (χ4v) is 4.47. The first kappa shape index (κ1) is 16.9. The molecule has 2 N–H and O–H groups in total. The van der Waals surface area contributed by atoms with E-state index in [0.29, 0.717) is 15.4 Å². The van der Waals surface area contributed by atoms with Crippen molar-refractivity contribution in [1.82, 2.24) is 10.0 Å². The van der Waals surface area contributed by atoms with Crippen LogP contribution in [0.2, 0.25) is 0 Å². The highest BCUT2D eigenvalue weighted by molar-refractivity contribution is 9.10. The van der Waals surface area contributed by atoms with Crippen LogP contribution in [0.3, 0.4) is 0 Å². The molecule has 0 spiro atoms. The highest BCUT2D eigenvalue weighted by atomic mass is 79.9. The third kappa shape index (κ3) is 4.43. The lowest BCUT2D eigenvalue weighted by Crippen LogP contribution is -2.46. The van der Waals surface area contributed by atoms with Gasteiger partial charge in [0.15, 0.2) is 0 Å². The summed E-state index contributed by atoms with van der Waals surface area (Å²) in [7, 11) is -3.44. The van der Waals surface area contributed by atoms with E-state index in [1.807, 2.05) is 0 Å². The van der Waals surface area contributed by atoms with Crippen LogP contribution in [0.15, 0.2) is 33.6 Å². The molecule has 1 heterocycles. The second-order valence-electron chi connectivity index (χ2n) is 4.63. The van der Waals surface area contributed by atoms with Crippen LogP contribution in [0.5, 0.6) is 0 Å². The molecule has 1 aliphatic rings. The minimum absolute atomic E-state index is 0. The number of benzene rings is 1. The maximum Gasteiger partial charge on any atom is 0.241 e. The Balaban J connectivity index is 0.00000180. The molecular weight excluding hydrogens is 352 g/mol. The van der Waals surface area contributed by atoms with Gasteiger partial charge in [-0.05, 0) is 54.4 Å². The molecule has 0 aliphatic carbocycles. The number of hydrogen-bond donors (Lipinski definition) is 2. The molecule has 2 atom stereocenters. The number of rotatable bonds is 3. The molecule has 1 aromatic carbocycles. The molecule has 19 heavy (non-hydrogen) atoms. The molecule has 0 saturated carbocycles. The molecule has 1 saturated heterocycles. The predicted octanol–water partition coefficient (Wildman–Crippen LogP) is 2.29.